The molecule has 1 atom stereocenters. The number of aliphatic carboxylic acids is 1. The van der Waals surface area contributed by atoms with Crippen LogP contribution in [0.1, 0.15) is 31.7 Å². The van der Waals surface area contributed by atoms with E-state index >= 15 is 0 Å². The van der Waals surface area contributed by atoms with Crippen molar-refractivity contribution in [3.05, 3.63) is 28.8 Å². The van der Waals surface area contributed by atoms with Gasteiger partial charge in [-0.1, -0.05) is 31.4 Å². The van der Waals surface area contributed by atoms with Crippen molar-refractivity contribution < 1.29 is 19.4 Å². The Morgan fingerprint density at radius 2 is 2.14 bits per heavy atom. The van der Waals surface area contributed by atoms with Crippen LogP contribution in [-0.2, 0) is 9.59 Å². The van der Waals surface area contributed by atoms with Crippen molar-refractivity contribution in [3.63, 3.8) is 0 Å². The maximum absolute atomic E-state index is 11.7. The fraction of sp³-hybridized carbons (Fsp3) is 0.467. The highest BCUT2D eigenvalue weighted by Gasteiger charge is 2.19. The zero-order valence-corrected chi connectivity index (χ0v) is 12.9. The second-order valence-corrected chi connectivity index (χ2v) is 5.24. The Morgan fingerprint density at radius 1 is 1.43 bits per heavy atom. The first-order valence-electron chi connectivity index (χ1n) is 6.85. The number of carboxylic acid groups (broad SMARTS) is 1. The van der Waals surface area contributed by atoms with E-state index in [1.54, 1.807) is 18.2 Å². The summed E-state index contributed by atoms with van der Waals surface area (Å²) >= 11 is 5.83. The molecule has 0 aromatic heterocycles. The lowest BCUT2D eigenvalue weighted by Gasteiger charge is -2.15. The van der Waals surface area contributed by atoms with Crippen molar-refractivity contribution in [1.82, 2.24) is 5.32 Å². The number of hydrogen-bond acceptors (Lipinski definition) is 3. The van der Waals surface area contributed by atoms with Crippen LogP contribution >= 0.6 is 11.6 Å². The van der Waals surface area contributed by atoms with E-state index in [-0.39, 0.29) is 6.61 Å². The molecule has 21 heavy (non-hydrogen) atoms. The van der Waals surface area contributed by atoms with E-state index in [0.29, 0.717) is 17.2 Å². The molecule has 6 heteroatoms. The van der Waals surface area contributed by atoms with E-state index in [9.17, 15) is 9.59 Å². The predicted molar refractivity (Wildman–Crippen MR) is 80.8 cm³/mol. The summed E-state index contributed by atoms with van der Waals surface area (Å²) in [4.78, 5) is 22.8. The predicted octanol–water partition coefficient (Wildman–Crippen LogP) is 2.79. The van der Waals surface area contributed by atoms with Gasteiger partial charge in [-0.25, -0.2) is 4.79 Å². The zero-order chi connectivity index (χ0) is 15.8. The van der Waals surface area contributed by atoms with Crippen molar-refractivity contribution in [2.24, 2.45) is 0 Å². The van der Waals surface area contributed by atoms with Gasteiger partial charge in [0, 0.05) is 5.02 Å². The van der Waals surface area contributed by atoms with Gasteiger partial charge in [0.2, 0.25) is 0 Å². The van der Waals surface area contributed by atoms with E-state index in [4.69, 9.17) is 21.4 Å². The monoisotopic (exact) mass is 313 g/mol. The molecule has 0 aliphatic heterocycles. The summed E-state index contributed by atoms with van der Waals surface area (Å²) in [6.07, 6.45) is 2.03. The molecule has 1 aromatic carbocycles. The lowest BCUT2D eigenvalue weighted by molar-refractivity contribution is -0.142. The van der Waals surface area contributed by atoms with Gasteiger partial charge >= 0.3 is 5.97 Å². The van der Waals surface area contributed by atoms with Crippen molar-refractivity contribution in [2.75, 3.05) is 6.61 Å². The van der Waals surface area contributed by atoms with Crippen molar-refractivity contribution >= 4 is 23.5 Å². The molecule has 0 heterocycles. The molecule has 1 rings (SSSR count). The fourth-order valence-electron chi connectivity index (χ4n) is 1.82. The Kier molecular flexibility index (Phi) is 7.02. The normalized spacial score (nSPS) is 11.8. The molecule has 0 radical (unpaired) electrons. The Bertz CT molecular complexity index is 504. The van der Waals surface area contributed by atoms with Crippen LogP contribution in [0.3, 0.4) is 0 Å². The van der Waals surface area contributed by atoms with Crippen LogP contribution in [0.5, 0.6) is 5.75 Å². The number of carbonyl (C=O) groups excluding carboxylic acids is 1. The molecular formula is C15H20ClNO4. The highest BCUT2D eigenvalue weighted by Crippen LogP contribution is 2.21. The molecule has 1 unspecified atom stereocenters. The lowest BCUT2D eigenvalue weighted by Crippen LogP contribution is -2.42. The number of amides is 1. The number of benzene rings is 1. The quantitative estimate of drug-likeness (QED) is 0.774. The van der Waals surface area contributed by atoms with Gasteiger partial charge in [-0.15, -0.1) is 0 Å². The van der Waals surface area contributed by atoms with E-state index in [0.717, 1.165) is 18.4 Å². The SMILES string of the molecule is CCCCC(NC(=O)COc1ccc(Cl)cc1C)C(=O)O. The molecule has 0 saturated heterocycles. The molecule has 116 valence electrons. The van der Waals surface area contributed by atoms with E-state index in [1.807, 2.05) is 13.8 Å². The van der Waals surface area contributed by atoms with Gasteiger partial charge in [0.1, 0.15) is 11.8 Å². The summed E-state index contributed by atoms with van der Waals surface area (Å²) in [6.45, 7) is 3.56. The lowest BCUT2D eigenvalue weighted by atomic mass is 10.1. The van der Waals surface area contributed by atoms with Gasteiger partial charge in [0.15, 0.2) is 6.61 Å². The van der Waals surface area contributed by atoms with Gasteiger partial charge in [-0.2, -0.15) is 0 Å². The van der Waals surface area contributed by atoms with Gasteiger partial charge in [0.25, 0.3) is 5.91 Å². The van der Waals surface area contributed by atoms with Crippen LogP contribution in [0.2, 0.25) is 5.02 Å². The maximum Gasteiger partial charge on any atom is 0.326 e. The zero-order valence-electron chi connectivity index (χ0n) is 12.2. The van der Waals surface area contributed by atoms with Gasteiger partial charge in [-0.05, 0) is 37.1 Å². The smallest absolute Gasteiger partial charge is 0.326 e. The maximum atomic E-state index is 11.7. The van der Waals surface area contributed by atoms with Crippen LogP contribution in [0.15, 0.2) is 18.2 Å². The first-order valence-corrected chi connectivity index (χ1v) is 7.23. The van der Waals surface area contributed by atoms with Gasteiger partial charge in [0.05, 0.1) is 0 Å². The topological polar surface area (TPSA) is 75.6 Å². The Hall–Kier alpha value is -1.75. The summed E-state index contributed by atoms with van der Waals surface area (Å²) in [5.74, 6) is -0.928. The van der Waals surface area contributed by atoms with Crippen LogP contribution in [0.25, 0.3) is 0 Å². The number of nitrogens with one attached hydrogen (secondary N) is 1. The third kappa shape index (κ3) is 6.04. The molecule has 0 aliphatic carbocycles. The molecule has 0 aliphatic rings. The number of aryl methyl sites for hydroxylation is 1. The Labute approximate surface area is 129 Å². The van der Waals surface area contributed by atoms with Gasteiger partial charge < -0.3 is 15.2 Å². The molecule has 0 saturated carbocycles. The number of rotatable bonds is 8. The Morgan fingerprint density at radius 3 is 2.71 bits per heavy atom. The van der Waals surface area contributed by atoms with E-state index < -0.39 is 17.9 Å². The van der Waals surface area contributed by atoms with Gasteiger partial charge in [-0.3, -0.25) is 4.79 Å². The number of halogens is 1. The molecular weight excluding hydrogens is 294 g/mol. The van der Waals surface area contributed by atoms with E-state index in [1.165, 1.54) is 0 Å². The van der Waals surface area contributed by atoms with E-state index in [2.05, 4.69) is 5.32 Å². The van der Waals surface area contributed by atoms with Crippen LogP contribution in [0.4, 0.5) is 0 Å². The number of ether oxygens (including phenoxy) is 1. The molecule has 1 aromatic rings. The minimum Gasteiger partial charge on any atom is -0.484 e. The number of carbonyl (C=O) groups is 2. The molecule has 0 fully saturated rings. The van der Waals surface area contributed by atoms with Crippen LogP contribution in [-0.4, -0.2) is 29.6 Å². The summed E-state index contributed by atoms with van der Waals surface area (Å²) in [5.41, 5.74) is 0.816. The molecule has 0 bridgehead atoms. The largest absolute Gasteiger partial charge is 0.484 e. The fourth-order valence-corrected chi connectivity index (χ4v) is 2.05. The highest BCUT2D eigenvalue weighted by atomic mass is 35.5. The minimum absolute atomic E-state index is 0.224. The molecule has 2 N–H and O–H groups in total. The third-order valence-corrected chi connectivity index (χ3v) is 3.21. The van der Waals surface area contributed by atoms with Crippen LogP contribution in [0, 0.1) is 6.92 Å². The summed E-state index contributed by atoms with van der Waals surface area (Å²) in [7, 11) is 0. The molecule has 0 spiro atoms. The standard InChI is InChI=1S/C15H20ClNO4/c1-3-4-5-12(15(19)20)17-14(18)9-21-13-7-6-11(16)8-10(13)2/h6-8,12H,3-5,9H2,1-2H3,(H,17,18)(H,19,20). The third-order valence-electron chi connectivity index (χ3n) is 2.98. The van der Waals surface area contributed by atoms with Crippen LogP contribution < -0.4 is 10.1 Å². The van der Waals surface area contributed by atoms with Crippen molar-refractivity contribution in [1.29, 1.82) is 0 Å². The van der Waals surface area contributed by atoms with Crippen molar-refractivity contribution in [2.45, 2.75) is 39.2 Å². The number of hydrogen-bond donors (Lipinski definition) is 2. The summed E-state index contributed by atoms with van der Waals surface area (Å²) < 4.78 is 5.38. The minimum atomic E-state index is -1.03. The second-order valence-electron chi connectivity index (χ2n) is 4.80. The second kappa shape index (κ2) is 8.52. The number of unbranched alkanes of at least 4 members (excludes halogenated alkanes) is 1. The highest BCUT2D eigenvalue weighted by molar-refractivity contribution is 6.30. The molecule has 1 amide bonds. The number of carboxylic acids is 1. The summed E-state index contributed by atoms with van der Waals surface area (Å²) in [6, 6.07) is 4.21. The average molecular weight is 314 g/mol. The average Bonchev–Trinajstić information content (AvgIpc) is 2.42. The first-order chi connectivity index (χ1) is 9.93. The van der Waals surface area contributed by atoms with Crippen molar-refractivity contribution in [3.8, 4) is 5.75 Å². The summed E-state index contributed by atoms with van der Waals surface area (Å²) in [5, 5.41) is 12.1. The molecule has 5 nitrogen and oxygen atoms in total. The Balaban J connectivity index is 2.50. The first kappa shape index (κ1) is 17.3.